The van der Waals surface area contributed by atoms with Crippen LogP contribution in [0.15, 0.2) is 42.5 Å². The summed E-state index contributed by atoms with van der Waals surface area (Å²) in [5.74, 6) is -0.678. The van der Waals surface area contributed by atoms with Crippen LogP contribution in [0.3, 0.4) is 0 Å². The molecule has 0 fully saturated rings. The van der Waals surface area contributed by atoms with Crippen LogP contribution in [0, 0.1) is 0 Å². The van der Waals surface area contributed by atoms with Gasteiger partial charge in [-0.3, -0.25) is 14.5 Å². The third kappa shape index (κ3) is 3.76. The van der Waals surface area contributed by atoms with E-state index in [9.17, 15) is 9.59 Å². The number of fused-ring (bicyclic) bond motifs is 2. The molecule has 0 spiro atoms. The van der Waals surface area contributed by atoms with Gasteiger partial charge in [-0.1, -0.05) is 50.0 Å². The Balaban J connectivity index is 1.66. The van der Waals surface area contributed by atoms with Gasteiger partial charge < -0.3 is 14.4 Å². The Hall–Kier alpha value is -2.64. The van der Waals surface area contributed by atoms with Crippen molar-refractivity contribution in [2.45, 2.75) is 37.5 Å². The lowest BCUT2D eigenvalue weighted by Gasteiger charge is -2.21. The van der Waals surface area contributed by atoms with Crippen LogP contribution in [0.25, 0.3) is 0 Å². The number of hydrogen-bond donors (Lipinski definition) is 0. The van der Waals surface area contributed by atoms with Crippen LogP contribution in [0.1, 0.15) is 23.0 Å². The van der Waals surface area contributed by atoms with E-state index in [4.69, 9.17) is 9.47 Å². The summed E-state index contributed by atoms with van der Waals surface area (Å²) >= 11 is 0. The number of benzene rings is 2. The van der Waals surface area contributed by atoms with Gasteiger partial charge in [0.15, 0.2) is 0 Å². The number of likely N-dealkylation sites (N-methyl/N-ethyl adjacent to an activating group) is 1. The van der Waals surface area contributed by atoms with Crippen LogP contribution in [0.2, 0.25) is 25.7 Å². The van der Waals surface area contributed by atoms with Crippen molar-refractivity contribution in [1.29, 1.82) is 0 Å². The van der Waals surface area contributed by atoms with Gasteiger partial charge in [0.2, 0.25) is 11.8 Å². The van der Waals surface area contributed by atoms with E-state index in [1.54, 1.807) is 24.0 Å². The van der Waals surface area contributed by atoms with Crippen LogP contribution in [-0.4, -0.2) is 47.4 Å². The molecule has 4 rings (SSSR count). The molecule has 31 heavy (non-hydrogen) atoms. The highest BCUT2D eigenvalue weighted by Crippen LogP contribution is 2.52. The Morgan fingerprint density at radius 2 is 1.61 bits per heavy atom. The molecule has 0 aromatic heterocycles. The lowest BCUT2D eigenvalue weighted by atomic mass is 9.83. The second-order valence-corrected chi connectivity index (χ2v) is 15.0. The molecule has 0 radical (unpaired) electrons. The van der Waals surface area contributed by atoms with E-state index in [0.29, 0.717) is 12.4 Å². The van der Waals surface area contributed by atoms with Crippen molar-refractivity contribution in [3.8, 4) is 5.75 Å². The smallest absolute Gasteiger partial charge is 0.237 e. The molecule has 164 valence electrons. The molecule has 0 saturated carbocycles. The molecule has 2 aliphatic heterocycles. The van der Waals surface area contributed by atoms with Crippen molar-refractivity contribution < 1.29 is 19.1 Å². The number of hydrogen-bond acceptors (Lipinski definition) is 4. The van der Waals surface area contributed by atoms with Crippen LogP contribution in [-0.2, 0) is 14.3 Å². The molecule has 0 saturated heterocycles. The fourth-order valence-corrected chi connectivity index (χ4v) is 5.25. The molecule has 2 unspecified atom stereocenters. The lowest BCUT2D eigenvalue weighted by Crippen LogP contribution is -2.36. The zero-order valence-electron chi connectivity index (χ0n) is 18.8. The van der Waals surface area contributed by atoms with Gasteiger partial charge in [0.25, 0.3) is 0 Å². The standard InChI is InChI=1S/C24H30N2O4Si/c1-25-22-17(10-8-12-19(22)29-2)21(23(25)27)20-16-9-6-7-11-18(16)26(24(20)28)15-30-13-14-31(3,4)5/h6-12,20-21H,13-15H2,1-5H3. The van der Waals surface area contributed by atoms with E-state index in [-0.39, 0.29) is 18.5 Å². The van der Waals surface area contributed by atoms with Gasteiger partial charge in [-0.2, -0.15) is 0 Å². The number of amides is 2. The Morgan fingerprint density at radius 1 is 0.935 bits per heavy atom. The molecule has 0 N–H and O–H groups in total. The minimum Gasteiger partial charge on any atom is -0.495 e. The summed E-state index contributed by atoms with van der Waals surface area (Å²) in [6, 6.07) is 14.4. The van der Waals surface area contributed by atoms with Crippen molar-refractivity contribution in [2.75, 3.05) is 37.3 Å². The number of methoxy groups -OCH3 is 1. The quantitative estimate of drug-likeness (QED) is 0.480. The molecule has 2 aliphatic rings. The van der Waals surface area contributed by atoms with E-state index in [1.165, 1.54) is 0 Å². The van der Waals surface area contributed by atoms with Crippen LogP contribution in [0.5, 0.6) is 5.75 Å². The molecule has 0 aliphatic carbocycles. The third-order valence-corrected chi connectivity index (χ3v) is 7.87. The van der Waals surface area contributed by atoms with Gasteiger partial charge in [-0.05, 0) is 29.3 Å². The van der Waals surface area contributed by atoms with E-state index in [2.05, 4.69) is 19.6 Å². The first-order chi connectivity index (χ1) is 14.7. The minimum atomic E-state index is -1.21. The molecular formula is C24H30N2O4Si. The van der Waals surface area contributed by atoms with Gasteiger partial charge in [0.05, 0.1) is 30.3 Å². The van der Waals surface area contributed by atoms with Crippen LogP contribution < -0.4 is 14.5 Å². The highest BCUT2D eigenvalue weighted by atomic mass is 28.3. The lowest BCUT2D eigenvalue weighted by molar-refractivity contribution is -0.126. The molecule has 2 aromatic rings. The Morgan fingerprint density at radius 3 is 2.32 bits per heavy atom. The van der Waals surface area contributed by atoms with Crippen molar-refractivity contribution >= 4 is 31.3 Å². The first kappa shape index (κ1) is 21.6. The van der Waals surface area contributed by atoms with Gasteiger partial charge in [0.1, 0.15) is 12.5 Å². The van der Waals surface area contributed by atoms with Crippen LogP contribution in [0.4, 0.5) is 11.4 Å². The summed E-state index contributed by atoms with van der Waals surface area (Å²) in [6.07, 6.45) is 0. The number of carbonyl (C=O) groups excluding carboxylic acids is 2. The summed E-state index contributed by atoms with van der Waals surface area (Å²) in [5, 5.41) is 0. The molecular weight excluding hydrogens is 408 g/mol. The van der Waals surface area contributed by atoms with Gasteiger partial charge in [-0.15, -0.1) is 0 Å². The van der Waals surface area contributed by atoms with Crippen molar-refractivity contribution in [1.82, 2.24) is 0 Å². The predicted molar refractivity (Wildman–Crippen MR) is 125 cm³/mol. The van der Waals surface area contributed by atoms with Crippen molar-refractivity contribution in [3.63, 3.8) is 0 Å². The highest BCUT2D eigenvalue weighted by Gasteiger charge is 2.50. The molecule has 7 heteroatoms. The number of nitrogens with zero attached hydrogens (tertiary/aromatic N) is 2. The maximum absolute atomic E-state index is 13.6. The van der Waals surface area contributed by atoms with E-state index >= 15 is 0 Å². The summed E-state index contributed by atoms with van der Waals surface area (Å²) in [7, 11) is 2.12. The Labute approximate surface area is 184 Å². The zero-order chi connectivity index (χ0) is 22.3. The predicted octanol–water partition coefficient (Wildman–Crippen LogP) is 4.20. The number of ether oxygens (including phenoxy) is 2. The summed E-state index contributed by atoms with van der Waals surface area (Å²) < 4.78 is 11.4. The zero-order valence-corrected chi connectivity index (χ0v) is 19.8. The largest absolute Gasteiger partial charge is 0.495 e. The SMILES string of the molecule is COc1cccc2c1N(C)C(=O)C2C1C(=O)N(COCC[Si](C)(C)C)c2ccccc21. The van der Waals surface area contributed by atoms with E-state index < -0.39 is 19.9 Å². The molecule has 0 bridgehead atoms. The first-order valence-electron chi connectivity index (χ1n) is 10.7. The van der Waals surface area contributed by atoms with Crippen molar-refractivity contribution in [3.05, 3.63) is 53.6 Å². The second kappa shape index (κ2) is 8.13. The average molecular weight is 439 g/mol. The molecule has 2 atom stereocenters. The molecule has 6 nitrogen and oxygen atoms in total. The Kier molecular flexibility index (Phi) is 5.66. The second-order valence-electron chi connectivity index (χ2n) is 9.42. The number of carbonyl (C=O) groups is 2. The number of anilines is 2. The van der Waals surface area contributed by atoms with E-state index in [0.717, 1.165) is 28.5 Å². The van der Waals surface area contributed by atoms with Crippen molar-refractivity contribution in [2.24, 2.45) is 0 Å². The fraction of sp³-hybridized carbons (Fsp3) is 0.417. The number of rotatable bonds is 7. The molecule has 2 amide bonds. The number of para-hydroxylation sites is 2. The monoisotopic (exact) mass is 438 g/mol. The van der Waals surface area contributed by atoms with E-state index in [1.807, 2.05) is 42.5 Å². The van der Waals surface area contributed by atoms with Gasteiger partial charge in [0, 0.05) is 21.7 Å². The minimum absolute atomic E-state index is 0.0865. The Bertz CT molecular complexity index is 1020. The maximum Gasteiger partial charge on any atom is 0.237 e. The fourth-order valence-electron chi connectivity index (χ4n) is 4.49. The summed E-state index contributed by atoms with van der Waals surface area (Å²) in [5.41, 5.74) is 3.29. The summed E-state index contributed by atoms with van der Waals surface area (Å²) in [6.45, 7) is 7.75. The molecule has 2 heterocycles. The van der Waals surface area contributed by atoms with Gasteiger partial charge >= 0.3 is 0 Å². The van der Waals surface area contributed by atoms with Crippen LogP contribution >= 0.6 is 0 Å². The highest BCUT2D eigenvalue weighted by molar-refractivity contribution is 6.76. The first-order valence-corrected chi connectivity index (χ1v) is 14.4. The topological polar surface area (TPSA) is 59.1 Å². The maximum atomic E-state index is 13.6. The normalized spacial score (nSPS) is 20.3. The summed E-state index contributed by atoms with van der Waals surface area (Å²) in [4.78, 5) is 30.2. The third-order valence-electron chi connectivity index (χ3n) is 6.16. The average Bonchev–Trinajstić information content (AvgIpc) is 3.15. The van der Waals surface area contributed by atoms with Gasteiger partial charge in [-0.25, -0.2) is 0 Å². The molecule has 2 aromatic carbocycles.